The summed E-state index contributed by atoms with van der Waals surface area (Å²) in [5.41, 5.74) is 3.07. The molecule has 0 fully saturated rings. The summed E-state index contributed by atoms with van der Waals surface area (Å²) >= 11 is 0. The van der Waals surface area contributed by atoms with Crippen LogP contribution < -0.4 is 0 Å². The van der Waals surface area contributed by atoms with Gasteiger partial charge in [-0.1, -0.05) is 0 Å². The van der Waals surface area contributed by atoms with Gasteiger partial charge < -0.3 is 0 Å². The molecule has 0 nitrogen and oxygen atoms in total. The molecule has 0 N–H and O–H groups in total. The van der Waals surface area contributed by atoms with Gasteiger partial charge in [-0.15, -0.1) is 0 Å². The normalized spacial score (nSPS) is 17.1. The summed E-state index contributed by atoms with van der Waals surface area (Å²) in [6.07, 6.45) is 0. The maximum atomic E-state index is 2.38. The van der Waals surface area contributed by atoms with Crippen molar-refractivity contribution in [2.75, 3.05) is 0 Å². The van der Waals surface area contributed by atoms with Crippen molar-refractivity contribution < 1.29 is 17.1 Å². The van der Waals surface area contributed by atoms with Crippen LogP contribution in [0.2, 0.25) is 0 Å². The summed E-state index contributed by atoms with van der Waals surface area (Å²) < 4.78 is 3.34. The van der Waals surface area contributed by atoms with Crippen LogP contribution in [0.3, 0.4) is 0 Å². The van der Waals surface area contributed by atoms with E-state index >= 15 is 0 Å². The molecule has 1 aliphatic rings. The molecule has 0 saturated heterocycles. The fourth-order valence-corrected chi connectivity index (χ4v) is 25.6. The first-order valence-electron chi connectivity index (χ1n) is 7.22. The first-order chi connectivity index (χ1) is 10.0. The summed E-state index contributed by atoms with van der Waals surface area (Å²) in [6.45, 7) is 9.36. The van der Waals surface area contributed by atoms with Gasteiger partial charge in [0, 0.05) is 17.1 Å². The predicted octanol–water partition coefficient (Wildman–Crippen LogP) is 6.21. The minimum Gasteiger partial charge on any atom is 0 e. The molecule has 0 atom stereocenters. The summed E-state index contributed by atoms with van der Waals surface area (Å²) in [7, 11) is 1.92. The van der Waals surface area contributed by atoms with Crippen molar-refractivity contribution in [1.29, 1.82) is 0 Å². The molecule has 0 amide bonds. The predicted molar refractivity (Wildman–Crippen MR) is 98.3 cm³/mol. The van der Waals surface area contributed by atoms with E-state index in [1.54, 1.807) is 8.81 Å². The Bertz CT molecular complexity index is 631. The number of allylic oxidation sites excluding steroid dienone is 4. The van der Waals surface area contributed by atoms with Crippen LogP contribution in [0.4, 0.5) is 0 Å². The van der Waals surface area contributed by atoms with E-state index in [0.29, 0.717) is 0 Å². The molecule has 0 unspecified atom stereocenters. The van der Waals surface area contributed by atoms with Gasteiger partial charge in [0.15, 0.2) is 0 Å². The molecule has 0 radical (unpaired) electrons. The molecule has 0 bridgehead atoms. The SMILES string of the molecule is CC1=[C](C)[Ge]([S]c2cc[cH-]c2)([S]c2cc[cH-]c2)[C](C)=C1C.[Fe]. The van der Waals surface area contributed by atoms with Crippen molar-refractivity contribution in [2.45, 2.75) is 37.5 Å². The Morgan fingerprint density at radius 2 is 1.18 bits per heavy atom. The molecule has 4 heteroatoms. The van der Waals surface area contributed by atoms with Crippen molar-refractivity contribution in [3.05, 3.63) is 68.5 Å². The molecule has 0 spiro atoms. The molecule has 1 heterocycles. The van der Waals surface area contributed by atoms with Crippen LogP contribution in [0.5, 0.6) is 0 Å². The molecular weight excluding hydrogens is 409 g/mol. The van der Waals surface area contributed by atoms with Gasteiger partial charge in [-0.05, 0) is 0 Å². The van der Waals surface area contributed by atoms with Crippen LogP contribution >= 0.6 is 20.2 Å². The molecule has 0 saturated carbocycles. The first-order valence-corrected chi connectivity index (χ1v) is 16.1. The molecule has 2 aromatic carbocycles. The van der Waals surface area contributed by atoms with E-state index in [4.69, 9.17) is 0 Å². The van der Waals surface area contributed by atoms with Crippen LogP contribution in [0.1, 0.15) is 27.7 Å². The number of hydrogen-bond donors (Lipinski definition) is 0. The van der Waals surface area contributed by atoms with E-state index in [1.807, 2.05) is 0 Å². The second-order valence-corrected chi connectivity index (χ2v) is 22.9. The maximum absolute atomic E-state index is 2.40. The van der Waals surface area contributed by atoms with Crippen LogP contribution in [0.15, 0.2) is 78.3 Å². The van der Waals surface area contributed by atoms with Crippen molar-refractivity contribution in [2.24, 2.45) is 0 Å². The molecular formula is C18H20FeGeS2-2. The van der Waals surface area contributed by atoms with E-state index < -0.39 is 11.0 Å². The van der Waals surface area contributed by atoms with Crippen LogP contribution in [0.25, 0.3) is 0 Å². The first kappa shape index (κ1) is 18.3. The minimum atomic E-state index is -2.40. The van der Waals surface area contributed by atoms with Gasteiger partial charge in [0.1, 0.15) is 0 Å². The van der Waals surface area contributed by atoms with E-state index in [1.165, 1.54) is 20.9 Å². The number of rotatable bonds is 4. The molecule has 0 aliphatic carbocycles. The summed E-state index contributed by atoms with van der Waals surface area (Å²) in [6, 6.07) is 17.6. The Morgan fingerprint density at radius 1 is 0.773 bits per heavy atom. The number of hydrogen-bond acceptors (Lipinski definition) is 2. The third-order valence-electron chi connectivity index (χ3n) is 4.46. The smallest absolute Gasteiger partial charge is 0 e. The second kappa shape index (κ2) is 7.23. The third kappa shape index (κ3) is 3.11. The molecule has 118 valence electrons. The van der Waals surface area contributed by atoms with Crippen molar-refractivity contribution in [3.8, 4) is 0 Å². The van der Waals surface area contributed by atoms with Crippen molar-refractivity contribution in [1.82, 2.24) is 0 Å². The fourth-order valence-electron chi connectivity index (χ4n) is 2.85. The standard InChI is InChI=1S/C18H20GeS2.Fe/c1-13-14(2)16(4)19(15(13)3,20-17-9-5-6-10-17)21-18-11-7-8-12-18;/h5-12H,1-4H3;/q-2;. The van der Waals surface area contributed by atoms with Gasteiger partial charge in [0.05, 0.1) is 0 Å². The zero-order chi connectivity index (χ0) is 15.0. The van der Waals surface area contributed by atoms with Crippen LogP contribution in [0, 0.1) is 0 Å². The second-order valence-electron chi connectivity index (χ2n) is 5.56. The van der Waals surface area contributed by atoms with E-state index in [2.05, 4.69) is 96.4 Å². The summed E-state index contributed by atoms with van der Waals surface area (Å²) in [4.78, 5) is 2.85. The van der Waals surface area contributed by atoms with Gasteiger partial charge in [-0.3, -0.25) is 0 Å². The summed E-state index contributed by atoms with van der Waals surface area (Å²) in [5, 5.41) is 0. The van der Waals surface area contributed by atoms with Crippen LogP contribution in [-0.4, -0.2) is 11.0 Å². The van der Waals surface area contributed by atoms with E-state index in [-0.39, 0.29) is 17.1 Å². The molecule has 1 aliphatic heterocycles. The Hall–Kier alpha value is -0.0577. The monoisotopic (exact) mass is 430 g/mol. The average Bonchev–Trinajstić information content (AvgIpc) is 3.18. The van der Waals surface area contributed by atoms with Gasteiger partial charge in [-0.25, -0.2) is 0 Å². The quantitative estimate of drug-likeness (QED) is 0.419. The van der Waals surface area contributed by atoms with E-state index in [9.17, 15) is 0 Å². The van der Waals surface area contributed by atoms with Gasteiger partial charge in [0.2, 0.25) is 0 Å². The Balaban J connectivity index is 0.00000176. The largest absolute Gasteiger partial charge is 0 e. The van der Waals surface area contributed by atoms with Crippen LogP contribution in [-0.2, 0) is 17.1 Å². The van der Waals surface area contributed by atoms with Gasteiger partial charge >= 0.3 is 137 Å². The van der Waals surface area contributed by atoms with Gasteiger partial charge in [-0.2, -0.15) is 0 Å². The summed E-state index contributed by atoms with van der Waals surface area (Å²) in [5.74, 6) is 0. The Kier molecular flexibility index (Phi) is 6.01. The molecule has 3 rings (SSSR count). The molecule has 22 heavy (non-hydrogen) atoms. The third-order valence-corrected chi connectivity index (χ3v) is 27.3. The van der Waals surface area contributed by atoms with Crippen molar-refractivity contribution >= 4 is 31.2 Å². The van der Waals surface area contributed by atoms with Crippen molar-refractivity contribution in [3.63, 3.8) is 0 Å². The average molecular weight is 429 g/mol. The van der Waals surface area contributed by atoms with Gasteiger partial charge in [0.25, 0.3) is 0 Å². The van der Waals surface area contributed by atoms with E-state index in [0.717, 1.165) is 0 Å². The minimum absolute atomic E-state index is 0. The maximum Gasteiger partial charge on any atom is 0 e. The Morgan fingerprint density at radius 3 is 1.50 bits per heavy atom. The topological polar surface area (TPSA) is 0 Å². The molecule has 2 aromatic rings. The zero-order valence-corrected chi connectivity index (χ0v) is 18.1. The molecule has 0 aromatic heterocycles. The fraction of sp³-hybridized carbons (Fsp3) is 0.222. The zero-order valence-electron chi connectivity index (χ0n) is 13.3. The Labute approximate surface area is 153 Å².